The van der Waals surface area contributed by atoms with Gasteiger partial charge in [-0.1, -0.05) is 48.3 Å². The normalized spacial score (nSPS) is 23.4. The molecule has 2 N–H and O–H groups in total. The Bertz CT molecular complexity index is 1080. The Kier molecular flexibility index (Phi) is 12.1. The van der Waals surface area contributed by atoms with Gasteiger partial charge in [-0.3, -0.25) is 4.79 Å². The predicted molar refractivity (Wildman–Crippen MR) is 149 cm³/mol. The summed E-state index contributed by atoms with van der Waals surface area (Å²) < 4.78 is 11.6. The standard InChI is InChI=1S/C29H39ClN2O7/c1-3-4-16-37-22-12-8-10-20(2)39-29(36)27-23(28(30)25(34)18-24(27)33)17-21(11-9-13-22)31-38-19-26(35)32-14-6-5-7-15-32/h8-9,11-12,18,20,22,33-34H,3-7,10,13-17,19H2,1-2H3/b11-9+,12-8+,31-21-/t20-,22?/m1/s1. The van der Waals surface area contributed by atoms with Crippen LogP contribution >= 0.6 is 11.6 Å². The van der Waals surface area contributed by atoms with E-state index >= 15 is 0 Å². The molecule has 2 aliphatic heterocycles. The second-order valence-electron chi connectivity index (χ2n) is 9.84. The molecule has 1 aromatic carbocycles. The second-order valence-corrected chi connectivity index (χ2v) is 10.2. The minimum absolute atomic E-state index is 0.0643. The first kappa shape index (κ1) is 30.5. The first-order valence-corrected chi connectivity index (χ1v) is 14.0. The van der Waals surface area contributed by atoms with Crippen molar-refractivity contribution >= 4 is 29.2 Å². The average molecular weight is 563 g/mol. The number of allylic oxidation sites excluding steroid dienone is 1. The summed E-state index contributed by atoms with van der Waals surface area (Å²) in [6, 6.07) is 1.01. The lowest BCUT2D eigenvalue weighted by molar-refractivity contribution is -0.137. The molecule has 39 heavy (non-hydrogen) atoms. The number of likely N-dealkylation sites (tertiary alicyclic amines) is 1. The number of fused-ring (bicyclic) bond motifs is 1. The number of phenols is 2. The first-order valence-electron chi connectivity index (χ1n) is 13.7. The van der Waals surface area contributed by atoms with E-state index in [4.69, 9.17) is 25.9 Å². The number of hydrogen-bond acceptors (Lipinski definition) is 8. The van der Waals surface area contributed by atoms with E-state index in [0.29, 0.717) is 38.2 Å². The van der Waals surface area contributed by atoms with Crippen molar-refractivity contribution in [3.05, 3.63) is 46.5 Å². The van der Waals surface area contributed by atoms with E-state index in [1.807, 2.05) is 18.2 Å². The van der Waals surface area contributed by atoms with Crippen LogP contribution < -0.4 is 0 Å². The maximum absolute atomic E-state index is 13.1. The van der Waals surface area contributed by atoms with E-state index in [1.54, 1.807) is 17.9 Å². The van der Waals surface area contributed by atoms with Gasteiger partial charge in [-0.25, -0.2) is 4.79 Å². The van der Waals surface area contributed by atoms with Gasteiger partial charge >= 0.3 is 5.97 Å². The molecule has 10 heteroatoms. The number of ether oxygens (including phenoxy) is 2. The summed E-state index contributed by atoms with van der Waals surface area (Å²) in [5, 5.41) is 24.9. The van der Waals surface area contributed by atoms with Crippen LogP contribution in [0.1, 0.15) is 74.7 Å². The summed E-state index contributed by atoms with van der Waals surface area (Å²) in [6.07, 6.45) is 12.7. The van der Waals surface area contributed by atoms with E-state index < -0.39 is 17.8 Å². The highest BCUT2D eigenvalue weighted by molar-refractivity contribution is 6.33. The minimum Gasteiger partial charge on any atom is -0.507 e. The zero-order valence-electron chi connectivity index (χ0n) is 22.7. The molecule has 0 radical (unpaired) electrons. The number of aromatic hydroxyl groups is 2. The number of amides is 1. The van der Waals surface area contributed by atoms with Crippen LogP contribution in [0.3, 0.4) is 0 Å². The molecule has 2 aliphatic rings. The molecule has 0 aliphatic carbocycles. The third kappa shape index (κ3) is 9.28. The summed E-state index contributed by atoms with van der Waals surface area (Å²) in [5.74, 6) is -1.76. The predicted octanol–water partition coefficient (Wildman–Crippen LogP) is 5.32. The number of rotatable bonds is 7. The summed E-state index contributed by atoms with van der Waals surface area (Å²) in [6.45, 7) is 5.64. The van der Waals surface area contributed by atoms with Gasteiger partial charge < -0.3 is 29.4 Å². The number of halogens is 1. The third-order valence-corrected chi connectivity index (χ3v) is 7.02. The molecule has 1 amide bonds. The van der Waals surface area contributed by atoms with Gasteiger partial charge in [0.25, 0.3) is 5.91 Å². The zero-order chi connectivity index (χ0) is 28.2. The van der Waals surface area contributed by atoms with E-state index in [0.717, 1.165) is 38.2 Å². The topological polar surface area (TPSA) is 118 Å². The molecule has 0 aromatic heterocycles. The number of carbonyl (C=O) groups excluding carboxylic acids is 2. The Morgan fingerprint density at radius 3 is 2.69 bits per heavy atom. The smallest absolute Gasteiger partial charge is 0.342 e. The largest absolute Gasteiger partial charge is 0.507 e. The number of unbranched alkanes of at least 4 members (excludes halogenated alkanes) is 1. The molecule has 3 rings (SSSR count). The molecule has 1 saturated heterocycles. The number of benzene rings is 1. The fourth-order valence-corrected chi connectivity index (χ4v) is 4.63. The number of cyclic esters (lactones) is 1. The van der Waals surface area contributed by atoms with E-state index in [9.17, 15) is 19.8 Å². The molecule has 0 spiro atoms. The van der Waals surface area contributed by atoms with Gasteiger partial charge in [0.2, 0.25) is 0 Å². The van der Waals surface area contributed by atoms with Gasteiger partial charge in [-0.2, -0.15) is 0 Å². The van der Waals surface area contributed by atoms with Crippen molar-refractivity contribution in [3.8, 4) is 11.5 Å². The van der Waals surface area contributed by atoms with Crippen LogP contribution in [0.15, 0.2) is 35.5 Å². The average Bonchev–Trinajstić information content (AvgIpc) is 2.91. The molecule has 1 unspecified atom stereocenters. The summed E-state index contributed by atoms with van der Waals surface area (Å²) in [5.41, 5.74) is 0.324. The van der Waals surface area contributed by atoms with Gasteiger partial charge in [-0.05, 0) is 50.7 Å². The molecule has 1 aromatic rings. The highest BCUT2D eigenvalue weighted by Gasteiger charge is 2.26. The van der Waals surface area contributed by atoms with Crippen LogP contribution in [0, 0.1) is 0 Å². The molecule has 0 saturated carbocycles. The van der Waals surface area contributed by atoms with Crippen molar-refractivity contribution in [1.29, 1.82) is 0 Å². The van der Waals surface area contributed by atoms with Crippen LogP contribution in [-0.4, -0.2) is 71.2 Å². The van der Waals surface area contributed by atoms with Crippen LogP contribution in [-0.2, 0) is 25.5 Å². The van der Waals surface area contributed by atoms with Crippen molar-refractivity contribution in [3.63, 3.8) is 0 Å². The van der Waals surface area contributed by atoms with Gasteiger partial charge in [0.1, 0.15) is 23.2 Å². The number of oxime groups is 1. The fraction of sp³-hybridized carbons (Fsp3) is 0.552. The molecule has 0 bridgehead atoms. The number of esters is 1. The number of nitrogens with zero attached hydrogens (tertiary/aromatic N) is 2. The maximum Gasteiger partial charge on any atom is 0.342 e. The molecule has 2 atom stereocenters. The quantitative estimate of drug-likeness (QED) is 0.200. The number of phenolic OH excluding ortho intramolecular Hbond substituents is 2. The van der Waals surface area contributed by atoms with Crippen LogP contribution in [0.5, 0.6) is 11.5 Å². The lowest BCUT2D eigenvalue weighted by atomic mass is 9.99. The lowest BCUT2D eigenvalue weighted by Gasteiger charge is -2.26. The number of piperidine rings is 1. The second kappa shape index (κ2) is 15.5. The van der Waals surface area contributed by atoms with Gasteiger partial charge in [0, 0.05) is 38.6 Å². The highest BCUT2D eigenvalue weighted by Crippen LogP contribution is 2.37. The van der Waals surface area contributed by atoms with Crippen LogP contribution in [0.4, 0.5) is 0 Å². The van der Waals surface area contributed by atoms with Crippen molar-refractivity contribution in [1.82, 2.24) is 4.90 Å². The molecule has 214 valence electrons. The number of hydrogen-bond donors (Lipinski definition) is 2. The van der Waals surface area contributed by atoms with Gasteiger partial charge in [-0.15, -0.1) is 0 Å². The molecule has 9 nitrogen and oxygen atoms in total. The Hall–Kier alpha value is -3.04. The first-order chi connectivity index (χ1) is 18.8. The molecular formula is C29H39ClN2O7. The van der Waals surface area contributed by atoms with Gasteiger partial charge in [0.15, 0.2) is 6.61 Å². The Labute approximate surface area is 235 Å². The third-order valence-electron chi connectivity index (χ3n) is 6.60. The Morgan fingerprint density at radius 2 is 1.95 bits per heavy atom. The van der Waals surface area contributed by atoms with Crippen molar-refractivity contribution < 1.29 is 34.1 Å². The summed E-state index contributed by atoms with van der Waals surface area (Å²) in [7, 11) is 0. The van der Waals surface area contributed by atoms with E-state index in [1.165, 1.54) is 0 Å². The van der Waals surface area contributed by atoms with Crippen molar-refractivity contribution in [2.45, 2.75) is 77.4 Å². The number of carbonyl (C=O) groups is 2. The van der Waals surface area contributed by atoms with Crippen molar-refractivity contribution in [2.24, 2.45) is 5.16 Å². The molecular weight excluding hydrogens is 524 g/mol. The van der Waals surface area contributed by atoms with Crippen LogP contribution in [0.25, 0.3) is 0 Å². The molecule has 2 heterocycles. The zero-order valence-corrected chi connectivity index (χ0v) is 23.5. The summed E-state index contributed by atoms with van der Waals surface area (Å²) in [4.78, 5) is 32.8. The maximum atomic E-state index is 13.1. The SMILES string of the molecule is CCCCOC1/C=C/C[C@@H](C)OC(=O)c2c(O)cc(O)c(Cl)c2CC(=N\OCC(=O)N2CCCCC2)/C=C/C1. The Morgan fingerprint density at radius 1 is 1.18 bits per heavy atom. The summed E-state index contributed by atoms with van der Waals surface area (Å²) >= 11 is 6.40. The Balaban J connectivity index is 1.91. The van der Waals surface area contributed by atoms with Gasteiger partial charge in [0.05, 0.1) is 16.8 Å². The molecule has 1 fully saturated rings. The minimum atomic E-state index is -0.775. The fourth-order valence-electron chi connectivity index (χ4n) is 4.42. The monoisotopic (exact) mass is 562 g/mol. The lowest BCUT2D eigenvalue weighted by Crippen LogP contribution is -2.37. The van der Waals surface area contributed by atoms with Crippen LogP contribution in [0.2, 0.25) is 5.02 Å². The highest BCUT2D eigenvalue weighted by atomic mass is 35.5. The van der Waals surface area contributed by atoms with E-state index in [2.05, 4.69) is 12.1 Å². The van der Waals surface area contributed by atoms with E-state index in [-0.39, 0.29) is 46.9 Å². The van der Waals surface area contributed by atoms with Crippen molar-refractivity contribution in [2.75, 3.05) is 26.3 Å².